The van der Waals surface area contributed by atoms with Gasteiger partial charge < -0.3 is 88.2 Å². The van der Waals surface area contributed by atoms with Crippen molar-refractivity contribution in [3.05, 3.63) is 11.6 Å². The van der Waals surface area contributed by atoms with E-state index in [0.29, 0.717) is 19.3 Å². The number of carbonyl (C=O) groups excluding carboxylic acids is 2. The highest BCUT2D eigenvalue weighted by Gasteiger charge is 2.57. The van der Waals surface area contributed by atoms with Crippen LogP contribution in [0.2, 0.25) is 0 Å². The number of allylic oxidation sites excluding steroid dienone is 1. The summed E-state index contributed by atoms with van der Waals surface area (Å²) in [6.07, 6.45) is -19.6. The van der Waals surface area contributed by atoms with Gasteiger partial charge in [-0.3, -0.25) is 4.79 Å². The molecule has 5 rings (SSSR count). The predicted molar refractivity (Wildman–Crippen MR) is 225 cm³/mol. The van der Waals surface area contributed by atoms with Gasteiger partial charge in [-0.05, 0) is 53.9 Å². The molecule has 0 saturated carbocycles. The van der Waals surface area contributed by atoms with Gasteiger partial charge in [-0.15, -0.1) is 0 Å². The molecule has 20 heteroatoms. The normalized spacial score (nSPS) is 44.6. The van der Waals surface area contributed by atoms with Crippen molar-refractivity contribution >= 4 is 11.9 Å². The van der Waals surface area contributed by atoms with Crippen molar-refractivity contribution in [1.82, 2.24) is 0 Å². The summed E-state index contributed by atoms with van der Waals surface area (Å²) in [7, 11) is 0. The molecule has 5 heterocycles. The third-order valence-corrected chi connectivity index (χ3v) is 13.1. The summed E-state index contributed by atoms with van der Waals surface area (Å²) < 4.78 is 61.9. The Bertz CT molecular complexity index is 1490. The van der Waals surface area contributed by atoms with Gasteiger partial charge in [-0.25, -0.2) is 4.79 Å². The molecule has 5 saturated heterocycles. The van der Waals surface area contributed by atoms with Gasteiger partial charge >= 0.3 is 11.9 Å². The zero-order chi connectivity index (χ0) is 47.5. The van der Waals surface area contributed by atoms with Crippen LogP contribution in [0.3, 0.4) is 0 Å². The zero-order valence-electron chi connectivity index (χ0n) is 38.6. The minimum absolute atomic E-state index is 0.0307. The van der Waals surface area contributed by atoms with Crippen LogP contribution < -0.4 is 0 Å². The number of hydrogen-bond acceptors (Lipinski definition) is 20. The van der Waals surface area contributed by atoms with Crippen LogP contribution in [0.4, 0.5) is 0 Å². The van der Waals surface area contributed by atoms with Gasteiger partial charge in [0.1, 0.15) is 67.1 Å². The van der Waals surface area contributed by atoms with Crippen LogP contribution >= 0.6 is 0 Å². The smallest absolute Gasteiger partial charge is 0.333 e. The van der Waals surface area contributed by atoms with E-state index >= 15 is 0 Å². The van der Waals surface area contributed by atoms with Crippen molar-refractivity contribution in [3.63, 3.8) is 0 Å². The Balaban J connectivity index is 1.56. The standard InChI is InChI=1S/C45H76O20/c1-7-9-15-18-26-19-16-13-11-10-12-14-17-20-28(47)61-39-36(63-42-35(54)32(51)29(48)23(4)56-42)25(6)58-45(40(39)62-41(55)22(3)8-2)65-38-34(53)31(50)27(21-46)60-44(38)64-37-33(52)30(49)24(5)57-43(37)59-26/h8,23-27,29-40,42-46,48-54H,7,9-21H2,1-6H3/b22-8+/t23-,24-,25-,26?,27-,29+,30+,31+,32-,33-,34-,35-,36-,37-,38-,39-,40-,42-,43+,44+,45+/m1/s1. The molecule has 0 aromatic carbocycles. The van der Waals surface area contributed by atoms with E-state index in [-0.39, 0.29) is 18.1 Å². The summed E-state index contributed by atoms with van der Waals surface area (Å²) in [5.74, 6) is -1.58. The molecule has 65 heavy (non-hydrogen) atoms. The minimum Gasteiger partial charge on any atom is -0.455 e. The highest BCUT2D eigenvalue weighted by molar-refractivity contribution is 5.87. The topological polar surface area (TPSA) is 288 Å². The Hall–Kier alpha value is -1.96. The molecule has 1 unspecified atom stereocenters. The largest absolute Gasteiger partial charge is 0.455 e. The number of rotatable bonds is 9. The van der Waals surface area contributed by atoms with Crippen LogP contribution in [0.15, 0.2) is 11.6 Å². The second-order valence-corrected chi connectivity index (χ2v) is 18.2. The molecular weight excluding hydrogens is 860 g/mol. The van der Waals surface area contributed by atoms with Gasteiger partial charge in [0.2, 0.25) is 0 Å². The highest BCUT2D eigenvalue weighted by Crippen LogP contribution is 2.37. The third kappa shape index (κ3) is 13.9. The van der Waals surface area contributed by atoms with Crippen molar-refractivity contribution < 1.29 is 97.8 Å². The first kappa shape index (κ1) is 54.0. The van der Waals surface area contributed by atoms with Gasteiger partial charge in [0.15, 0.2) is 37.4 Å². The highest BCUT2D eigenvalue weighted by atomic mass is 16.8. The predicted octanol–water partition coefficient (Wildman–Crippen LogP) is 0.900. The van der Waals surface area contributed by atoms with E-state index in [1.165, 1.54) is 26.8 Å². The van der Waals surface area contributed by atoms with E-state index in [2.05, 4.69) is 6.92 Å². The van der Waals surface area contributed by atoms with Gasteiger partial charge in [0.05, 0.1) is 31.0 Å². The van der Waals surface area contributed by atoms with E-state index in [9.17, 15) is 50.4 Å². The lowest BCUT2D eigenvalue weighted by Crippen LogP contribution is -2.67. The maximum Gasteiger partial charge on any atom is 0.333 e. The molecule has 8 N–H and O–H groups in total. The molecule has 376 valence electrons. The summed E-state index contributed by atoms with van der Waals surface area (Å²) in [4.78, 5) is 27.4. The monoisotopic (exact) mass is 936 g/mol. The first-order chi connectivity index (χ1) is 31.0. The van der Waals surface area contributed by atoms with Crippen molar-refractivity contribution in [2.24, 2.45) is 0 Å². The molecule has 0 aromatic heterocycles. The van der Waals surface area contributed by atoms with Crippen LogP contribution in [0, 0.1) is 0 Å². The number of aliphatic hydroxyl groups excluding tert-OH is 8. The molecule has 5 aliphatic heterocycles. The van der Waals surface area contributed by atoms with Crippen LogP contribution in [-0.2, 0) is 57.0 Å². The lowest BCUT2D eigenvalue weighted by atomic mass is 9.95. The summed E-state index contributed by atoms with van der Waals surface area (Å²) >= 11 is 0. The second kappa shape index (κ2) is 25.6. The maximum atomic E-state index is 13.8. The van der Waals surface area contributed by atoms with E-state index in [1.807, 2.05) is 0 Å². The Morgan fingerprint density at radius 2 is 1.23 bits per heavy atom. The summed E-state index contributed by atoms with van der Waals surface area (Å²) in [6, 6.07) is 0. The number of esters is 2. The molecule has 0 aliphatic carbocycles. The molecule has 5 fully saturated rings. The molecule has 5 aliphatic rings. The molecule has 0 amide bonds. The molecule has 20 nitrogen and oxygen atoms in total. The van der Waals surface area contributed by atoms with Crippen LogP contribution in [0.5, 0.6) is 0 Å². The first-order valence-electron chi connectivity index (χ1n) is 23.6. The average molecular weight is 937 g/mol. The number of fused-ring (bicyclic) bond motifs is 4. The van der Waals surface area contributed by atoms with Crippen molar-refractivity contribution in [2.45, 2.75) is 254 Å². The maximum absolute atomic E-state index is 13.8. The summed E-state index contributed by atoms with van der Waals surface area (Å²) in [5, 5.41) is 87.8. The lowest BCUT2D eigenvalue weighted by Gasteiger charge is -2.50. The fraction of sp³-hybridized carbons (Fsp3) is 0.911. The Kier molecular flexibility index (Phi) is 21.3. The van der Waals surface area contributed by atoms with Crippen LogP contribution in [-0.4, -0.2) is 188 Å². The first-order valence-corrected chi connectivity index (χ1v) is 23.6. The van der Waals surface area contributed by atoms with E-state index in [4.69, 9.17) is 47.4 Å². The van der Waals surface area contributed by atoms with Gasteiger partial charge in [0, 0.05) is 12.0 Å². The molecular formula is C45H76O20. The molecule has 0 spiro atoms. The SMILES string of the molecule is C/C=C(\C)C(=O)O[C@H]1[C@@H]2O[C@H]3[C@H](O[C@H]4[C@H](OC(CCCCC)CCCCCCCCCC(=O)O[C@@H]1[C@H](O[C@H]1O[C@H](C)[C@H](O)[C@@H](O)[C@H]1O)[C@@H](C)O2)O[C@H](C)[C@H](O)[C@H]4O)O[C@H](CO)[C@H](O)[C@H]3O. The number of hydrogen-bond donors (Lipinski definition) is 8. The molecule has 2 bridgehead atoms. The van der Waals surface area contributed by atoms with E-state index in [1.54, 1.807) is 13.8 Å². The third-order valence-electron chi connectivity index (χ3n) is 13.1. The number of ether oxygens (including phenoxy) is 10. The number of unbranched alkanes of at least 4 members (excludes halogenated alkanes) is 2. The van der Waals surface area contributed by atoms with Crippen molar-refractivity contribution in [1.29, 1.82) is 0 Å². The Labute approximate surface area is 381 Å². The van der Waals surface area contributed by atoms with E-state index < -0.39 is 141 Å². The minimum atomic E-state index is -1.91. The molecule has 0 aromatic rings. The van der Waals surface area contributed by atoms with Crippen molar-refractivity contribution in [3.8, 4) is 0 Å². The number of carbonyl (C=O) groups is 2. The van der Waals surface area contributed by atoms with Crippen LogP contribution in [0.25, 0.3) is 0 Å². The van der Waals surface area contributed by atoms with E-state index in [0.717, 1.165) is 57.8 Å². The summed E-state index contributed by atoms with van der Waals surface area (Å²) in [5.41, 5.74) is 0.136. The zero-order valence-corrected chi connectivity index (χ0v) is 38.6. The van der Waals surface area contributed by atoms with Gasteiger partial charge in [0.25, 0.3) is 0 Å². The van der Waals surface area contributed by atoms with Gasteiger partial charge in [-0.1, -0.05) is 70.8 Å². The Morgan fingerprint density at radius 1 is 0.646 bits per heavy atom. The summed E-state index contributed by atoms with van der Waals surface area (Å²) in [6.45, 7) is 8.93. The number of aliphatic hydroxyl groups is 8. The lowest BCUT2D eigenvalue weighted by molar-refractivity contribution is -0.398. The van der Waals surface area contributed by atoms with Crippen molar-refractivity contribution in [2.75, 3.05) is 6.61 Å². The molecule has 21 atom stereocenters. The molecule has 0 radical (unpaired) electrons. The quantitative estimate of drug-likeness (QED) is 0.0905. The second-order valence-electron chi connectivity index (χ2n) is 18.2. The van der Waals surface area contributed by atoms with Gasteiger partial charge in [-0.2, -0.15) is 0 Å². The fourth-order valence-electron chi connectivity index (χ4n) is 8.85. The van der Waals surface area contributed by atoms with Crippen LogP contribution in [0.1, 0.15) is 125 Å². The average Bonchev–Trinajstić information content (AvgIpc) is 3.28. The Morgan fingerprint density at radius 3 is 1.89 bits per heavy atom. The fourth-order valence-corrected chi connectivity index (χ4v) is 8.85.